The van der Waals surface area contributed by atoms with Gasteiger partial charge in [0.2, 0.25) is 5.91 Å². The maximum atomic E-state index is 11.8. The zero-order valence-corrected chi connectivity index (χ0v) is 11.2. The van der Waals surface area contributed by atoms with E-state index in [0.29, 0.717) is 5.13 Å². The molecule has 7 heteroatoms. The summed E-state index contributed by atoms with van der Waals surface area (Å²) in [5.41, 5.74) is 1.69. The average molecular weight is 278 g/mol. The van der Waals surface area contributed by atoms with Crippen molar-refractivity contribution in [3.63, 3.8) is 0 Å². The van der Waals surface area contributed by atoms with Gasteiger partial charge in [0.25, 0.3) is 0 Å². The predicted molar refractivity (Wildman–Crippen MR) is 72.3 cm³/mol. The largest absolute Gasteiger partial charge is 0.302 e. The van der Waals surface area contributed by atoms with Crippen molar-refractivity contribution in [3.8, 4) is 0 Å². The number of nitrogens with one attached hydrogen (secondary N) is 1. The van der Waals surface area contributed by atoms with E-state index in [1.54, 1.807) is 11.3 Å². The molecule has 0 atom stereocenters. The Morgan fingerprint density at radius 1 is 1.44 bits per heavy atom. The van der Waals surface area contributed by atoms with Crippen LogP contribution in [0.1, 0.15) is 11.4 Å². The first-order chi connectivity index (χ1) is 8.70. The first kappa shape index (κ1) is 11.4. The summed E-state index contributed by atoms with van der Waals surface area (Å²) in [4.78, 5) is 21.3. The smallest absolute Gasteiger partial charge is 0.232 e. The Labute approximate surface area is 111 Å². The third-order valence-corrected chi connectivity index (χ3v) is 4.00. The van der Waals surface area contributed by atoms with Gasteiger partial charge in [0.05, 0.1) is 17.8 Å². The minimum atomic E-state index is -0.0879. The molecule has 0 unspecified atom stereocenters. The summed E-state index contributed by atoms with van der Waals surface area (Å²) in [6.07, 6.45) is 4.07. The van der Waals surface area contributed by atoms with Crippen molar-refractivity contribution < 1.29 is 4.79 Å². The van der Waals surface area contributed by atoms with Crippen molar-refractivity contribution in [2.75, 3.05) is 5.32 Å². The van der Waals surface area contributed by atoms with Gasteiger partial charge in [-0.05, 0) is 6.92 Å². The number of aryl methyl sites for hydroxylation is 1. The highest BCUT2D eigenvalue weighted by Crippen LogP contribution is 2.15. The molecule has 18 heavy (non-hydrogen) atoms. The summed E-state index contributed by atoms with van der Waals surface area (Å²) in [6.45, 7) is 1.90. The van der Waals surface area contributed by atoms with Crippen LogP contribution in [0.5, 0.6) is 0 Å². The predicted octanol–water partition coefficient (Wildman–Crippen LogP) is 2.34. The molecule has 0 fully saturated rings. The number of amides is 1. The second-order valence-electron chi connectivity index (χ2n) is 3.84. The lowest BCUT2D eigenvalue weighted by Gasteiger charge is -1.98. The Kier molecular flexibility index (Phi) is 2.85. The highest BCUT2D eigenvalue weighted by atomic mass is 32.1. The summed E-state index contributed by atoms with van der Waals surface area (Å²) < 4.78 is 1.92. The lowest BCUT2D eigenvalue weighted by molar-refractivity contribution is -0.115. The second-order valence-corrected chi connectivity index (χ2v) is 5.58. The van der Waals surface area contributed by atoms with E-state index < -0.39 is 0 Å². The zero-order valence-electron chi connectivity index (χ0n) is 9.58. The maximum absolute atomic E-state index is 11.8. The zero-order chi connectivity index (χ0) is 12.5. The van der Waals surface area contributed by atoms with Crippen LogP contribution in [0.4, 0.5) is 5.13 Å². The number of anilines is 1. The number of hydrogen-bond donors (Lipinski definition) is 1. The van der Waals surface area contributed by atoms with Crippen LogP contribution in [-0.2, 0) is 11.2 Å². The molecule has 0 aliphatic heterocycles. The van der Waals surface area contributed by atoms with Crippen LogP contribution in [0.15, 0.2) is 23.2 Å². The molecular formula is C11H10N4OS2. The summed E-state index contributed by atoms with van der Waals surface area (Å²) >= 11 is 2.98. The summed E-state index contributed by atoms with van der Waals surface area (Å²) in [5, 5.41) is 7.28. The fraction of sp³-hybridized carbons (Fsp3) is 0.182. The number of carbonyl (C=O) groups excluding carboxylic acids is 1. The number of carbonyl (C=O) groups is 1. The Hall–Kier alpha value is -1.73. The van der Waals surface area contributed by atoms with E-state index in [1.165, 1.54) is 11.3 Å². The normalized spacial score (nSPS) is 10.9. The molecule has 0 bridgehead atoms. The molecule has 3 heterocycles. The van der Waals surface area contributed by atoms with Gasteiger partial charge in [0.15, 0.2) is 10.1 Å². The minimum absolute atomic E-state index is 0.0879. The number of hydrogen-bond acceptors (Lipinski definition) is 5. The number of nitrogens with zero attached hydrogens (tertiary/aromatic N) is 3. The topological polar surface area (TPSA) is 59.3 Å². The lowest BCUT2D eigenvalue weighted by Crippen LogP contribution is -2.14. The molecule has 0 aliphatic carbocycles. The molecule has 0 spiro atoms. The van der Waals surface area contributed by atoms with E-state index in [1.807, 2.05) is 34.5 Å². The van der Waals surface area contributed by atoms with E-state index >= 15 is 0 Å². The number of fused-ring (bicyclic) bond motifs is 1. The average Bonchev–Trinajstić information content (AvgIpc) is 2.94. The fourth-order valence-corrected chi connectivity index (χ4v) is 3.02. The van der Waals surface area contributed by atoms with Crippen LogP contribution in [-0.4, -0.2) is 20.3 Å². The van der Waals surface area contributed by atoms with Crippen molar-refractivity contribution in [2.24, 2.45) is 0 Å². The van der Waals surface area contributed by atoms with Gasteiger partial charge in [0.1, 0.15) is 0 Å². The molecule has 3 aromatic rings. The van der Waals surface area contributed by atoms with Crippen molar-refractivity contribution in [2.45, 2.75) is 13.3 Å². The van der Waals surface area contributed by atoms with Crippen LogP contribution >= 0.6 is 22.7 Å². The Balaban J connectivity index is 1.69. The third-order valence-electron chi connectivity index (χ3n) is 2.35. The maximum Gasteiger partial charge on any atom is 0.232 e. The van der Waals surface area contributed by atoms with Gasteiger partial charge in [-0.1, -0.05) is 0 Å². The number of rotatable bonds is 3. The van der Waals surface area contributed by atoms with E-state index in [0.717, 1.165) is 16.3 Å². The van der Waals surface area contributed by atoms with Gasteiger partial charge in [-0.2, -0.15) is 0 Å². The van der Waals surface area contributed by atoms with E-state index in [-0.39, 0.29) is 12.3 Å². The van der Waals surface area contributed by atoms with Crippen LogP contribution in [0.25, 0.3) is 4.96 Å². The van der Waals surface area contributed by atoms with Gasteiger partial charge >= 0.3 is 0 Å². The number of imidazole rings is 1. The Bertz CT molecular complexity index is 668. The molecule has 3 aromatic heterocycles. The van der Waals surface area contributed by atoms with Gasteiger partial charge in [-0.25, -0.2) is 9.97 Å². The molecule has 0 saturated carbocycles. The monoisotopic (exact) mass is 278 g/mol. The van der Waals surface area contributed by atoms with Gasteiger partial charge in [0, 0.05) is 23.2 Å². The fourth-order valence-electron chi connectivity index (χ4n) is 1.60. The Morgan fingerprint density at radius 3 is 3.06 bits per heavy atom. The molecule has 1 N–H and O–H groups in total. The summed E-state index contributed by atoms with van der Waals surface area (Å²) in [5.74, 6) is -0.0879. The van der Waals surface area contributed by atoms with E-state index in [4.69, 9.17) is 0 Å². The van der Waals surface area contributed by atoms with Crippen molar-refractivity contribution in [3.05, 3.63) is 34.5 Å². The SMILES string of the molecule is Cc1csc(NC(=O)Cc2cn3ccsc3n2)n1. The number of aromatic nitrogens is 3. The van der Waals surface area contributed by atoms with Crippen LogP contribution in [0.2, 0.25) is 0 Å². The molecular weight excluding hydrogens is 268 g/mol. The Morgan fingerprint density at radius 2 is 2.33 bits per heavy atom. The lowest BCUT2D eigenvalue weighted by atomic mass is 10.3. The van der Waals surface area contributed by atoms with Crippen LogP contribution < -0.4 is 5.32 Å². The van der Waals surface area contributed by atoms with Crippen molar-refractivity contribution >= 4 is 38.7 Å². The highest BCUT2D eigenvalue weighted by molar-refractivity contribution is 7.15. The highest BCUT2D eigenvalue weighted by Gasteiger charge is 2.09. The number of thiazole rings is 2. The first-order valence-corrected chi connectivity index (χ1v) is 7.10. The van der Waals surface area contributed by atoms with Gasteiger partial charge in [-0.3, -0.25) is 9.20 Å². The molecule has 3 rings (SSSR count). The molecule has 0 radical (unpaired) electrons. The van der Waals surface area contributed by atoms with Crippen molar-refractivity contribution in [1.29, 1.82) is 0 Å². The molecule has 92 valence electrons. The van der Waals surface area contributed by atoms with Crippen LogP contribution in [0.3, 0.4) is 0 Å². The second kappa shape index (κ2) is 4.51. The van der Waals surface area contributed by atoms with Gasteiger partial charge < -0.3 is 5.32 Å². The molecule has 1 amide bonds. The minimum Gasteiger partial charge on any atom is -0.302 e. The first-order valence-electron chi connectivity index (χ1n) is 5.34. The van der Waals surface area contributed by atoms with Crippen LogP contribution in [0, 0.1) is 6.92 Å². The quantitative estimate of drug-likeness (QED) is 0.800. The standard InChI is InChI=1S/C11H10N4OS2/c1-7-6-18-10(12-7)14-9(16)4-8-5-15-2-3-17-11(15)13-8/h2-3,5-6H,4H2,1H3,(H,12,14,16). The molecule has 0 saturated heterocycles. The third kappa shape index (κ3) is 2.27. The molecule has 0 aliphatic rings. The van der Waals surface area contributed by atoms with Crippen molar-refractivity contribution in [1.82, 2.24) is 14.4 Å². The molecule has 5 nitrogen and oxygen atoms in total. The molecule has 0 aromatic carbocycles. The van der Waals surface area contributed by atoms with E-state index in [2.05, 4.69) is 15.3 Å². The summed E-state index contributed by atoms with van der Waals surface area (Å²) in [6, 6.07) is 0. The summed E-state index contributed by atoms with van der Waals surface area (Å²) in [7, 11) is 0. The van der Waals surface area contributed by atoms with Gasteiger partial charge in [-0.15, -0.1) is 22.7 Å². The van der Waals surface area contributed by atoms with E-state index in [9.17, 15) is 4.79 Å².